The Morgan fingerprint density at radius 2 is 2.22 bits per heavy atom. The molecule has 1 aliphatic rings. The van der Waals surface area contributed by atoms with E-state index in [2.05, 4.69) is 4.98 Å². The number of ether oxygens (including phenoxy) is 1. The van der Waals surface area contributed by atoms with Gasteiger partial charge in [-0.2, -0.15) is 0 Å². The zero-order valence-electron chi connectivity index (χ0n) is 10.4. The maximum absolute atomic E-state index is 10.8. The van der Waals surface area contributed by atoms with E-state index in [9.17, 15) is 10.1 Å². The van der Waals surface area contributed by atoms with E-state index in [0.717, 1.165) is 25.7 Å². The summed E-state index contributed by atoms with van der Waals surface area (Å²) in [5.74, 6) is 0.268. The summed E-state index contributed by atoms with van der Waals surface area (Å²) in [6.07, 6.45) is 5.54. The van der Waals surface area contributed by atoms with E-state index in [1.165, 1.54) is 12.3 Å². The second-order valence-corrected chi connectivity index (χ2v) is 4.92. The fourth-order valence-corrected chi connectivity index (χ4v) is 2.21. The van der Waals surface area contributed by atoms with Crippen molar-refractivity contribution in [2.24, 2.45) is 5.73 Å². The molecule has 1 heterocycles. The number of nitrogens with zero attached hydrogens (tertiary/aromatic N) is 2. The quantitative estimate of drug-likeness (QED) is 0.652. The summed E-state index contributed by atoms with van der Waals surface area (Å²) in [4.78, 5) is 14.4. The molecule has 1 fully saturated rings. The highest BCUT2D eigenvalue weighted by atomic mass is 16.6. The first-order chi connectivity index (χ1) is 8.50. The van der Waals surface area contributed by atoms with Gasteiger partial charge >= 0.3 is 0 Å². The Kier molecular flexibility index (Phi) is 3.47. The molecule has 1 aromatic heterocycles. The maximum Gasteiger partial charge on any atom is 0.279 e. The lowest BCUT2D eigenvalue weighted by Gasteiger charge is -2.22. The summed E-state index contributed by atoms with van der Waals surface area (Å²) in [6.45, 7) is 2.01. The second-order valence-electron chi connectivity index (χ2n) is 4.92. The predicted molar refractivity (Wildman–Crippen MR) is 66.5 cm³/mol. The molecule has 18 heavy (non-hydrogen) atoms. The van der Waals surface area contributed by atoms with Crippen LogP contribution in [0.25, 0.3) is 0 Å². The predicted octanol–water partition coefficient (Wildman–Crippen LogP) is 1.95. The summed E-state index contributed by atoms with van der Waals surface area (Å²) in [7, 11) is 0. The lowest BCUT2D eigenvalue weighted by Crippen LogP contribution is -2.42. The molecule has 0 amide bonds. The first-order valence-electron chi connectivity index (χ1n) is 6.03. The van der Waals surface area contributed by atoms with Gasteiger partial charge in [0, 0.05) is 11.8 Å². The molecule has 0 radical (unpaired) electrons. The zero-order valence-corrected chi connectivity index (χ0v) is 10.4. The molecule has 0 bridgehead atoms. The minimum absolute atomic E-state index is 0.0255. The first-order valence-corrected chi connectivity index (χ1v) is 6.03. The third-order valence-corrected chi connectivity index (χ3v) is 3.35. The van der Waals surface area contributed by atoms with Crippen LogP contribution in [0.1, 0.15) is 31.2 Å². The Balaban J connectivity index is 2.05. The summed E-state index contributed by atoms with van der Waals surface area (Å²) in [5.41, 5.74) is 6.39. The van der Waals surface area contributed by atoms with E-state index in [1.54, 1.807) is 6.92 Å². The van der Waals surface area contributed by atoms with Crippen molar-refractivity contribution in [2.45, 2.75) is 38.1 Å². The molecule has 98 valence electrons. The third kappa shape index (κ3) is 2.76. The van der Waals surface area contributed by atoms with Gasteiger partial charge < -0.3 is 10.5 Å². The third-order valence-electron chi connectivity index (χ3n) is 3.35. The van der Waals surface area contributed by atoms with Crippen LogP contribution in [0.4, 0.5) is 5.69 Å². The van der Waals surface area contributed by atoms with Crippen LogP contribution in [0, 0.1) is 17.0 Å². The average Bonchev–Trinajstić information content (AvgIpc) is 2.75. The number of hydrogen-bond donors (Lipinski definition) is 1. The SMILES string of the molecule is Cc1cnc(OCC2(N)CCCC2)cc1[N+](=O)[O-]. The van der Waals surface area contributed by atoms with Crippen LogP contribution in [-0.4, -0.2) is 22.1 Å². The second kappa shape index (κ2) is 4.89. The number of nitro groups is 1. The number of aromatic nitrogens is 1. The van der Waals surface area contributed by atoms with Crippen LogP contribution in [0.2, 0.25) is 0 Å². The number of rotatable bonds is 4. The molecular weight excluding hydrogens is 234 g/mol. The number of nitrogens with two attached hydrogens (primary N) is 1. The summed E-state index contributed by atoms with van der Waals surface area (Å²) in [5, 5.41) is 10.8. The Morgan fingerprint density at radius 1 is 1.56 bits per heavy atom. The number of aryl methyl sites for hydroxylation is 1. The lowest BCUT2D eigenvalue weighted by molar-refractivity contribution is -0.385. The molecule has 6 nitrogen and oxygen atoms in total. The Labute approximate surface area is 105 Å². The Bertz CT molecular complexity index is 456. The molecular formula is C12H17N3O3. The number of hydrogen-bond acceptors (Lipinski definition) is 5. The zero-order chi connectivity index (χ0) is 13.2. The van der Waals surface area contributed by atoms with Gasteiger partial charge in [-0.25, -0.2) is 4.98 Å². The molecule has 1 saturated carbocycles. The molecule has 0 atom stereocenters. The van der Waals surface area contributed by atoms with E-state index >= 15 is 0 Å². The topological polar surface area (TPSA) is 91.3 Å². The van der Waals surface area contributed by atoms with Crippen LogP contribution in [0.5, 0.6) is 5.88 Å². The van der Waals surface area contributed by atoms with Gasteiger partial charge in [-0.1, -0.05) is 12.8 Å². The van der Waals surface area contributed by atoms with E-state index in [4.69, 9.17) is 10.5 Å². The summed E-state index contributed by atoms with van der Waals surface area (Å²) < 4.78 is 5.50. The monoisotopic (exact) mass is 251 g/mol. The van der Waals surface area contributed by atoms with Gasteiger partial charge in [0.2, 0.25) is 5.88 Å². The van der Waals surface area contributed by atoms with E-state index in [1.807, 2.05) is 0 Å². The fourth-order valence-electron chi connectivity index (χ4n) is 2.21. The standard InChI is InChI=1S/C12H17N3O3/c1-9-7-14-11(6-10(9)15(16)17)18-8-12(13)4-2-3-5-12/h6-7H,2-5,8,13H2,1H3. The van der Waals surface area contributed by atoms with Crippen molar-refractivity contribution in [2.75, 3.05) is 6.61 Å². The van der Waals surface area contributed by atoms with Crippen LogP contribution in [0.3, 0.4) is 0 Å². The molecule has 6 heteroatoms. The molecule has 0 saturated heterocycles. The Hall–Kier alpha value is -1.69. The van der Waals surface area contributed by atoms with Crippen LogP contribution < -0.4 is 10.5 Å². The molecule has 0 unspecified atom stereocenters. The van der Waals surface area contributed by atoms with Gasteiger partial charge in [0.25, 0.3) is 5.69 Å². The normalized spacial score (nSPS) is 17.7. The van der Waals surface area contributed by atoms with Crippen LogP contribution in [-0.2, 0) is 0 Å². The highest BCUT2D eigenvalue weighted by molar-refractivity contribution is 5.40. The average molecular weight is 251 g/mol. The van der Waals surface area contributed by atoms with E-state index in [0.29, 0.717) is 12.2 Å². The Morgan fingerprint density at radius 3 is 2.83 bits per heavy atom. The van der Waals surface area contributed by atoms with Crippen LogP contribution in [0.15, 0.2) is 12.3 Å². The highest BCUT2D eigenvalue weighted by Crippen LogP contribution is 2.28. The van der Waals surface area contributed by atoms with Crippen molar-refractivity contribution in [3.05, 3.63) is 27.9 Å². The van der Waals surface area contributed by atoms with Crippen LogP contribution >= 0.6 is 0 Å². The fraction of sp³-hybridized carbons (Fsp3) is 0.583. The lowest BCUT2D eigenvalue weighted by atomic mass is 10.0. The van der Waals surface area contributed by atoms with Gasteiger partial charge in [0.15, 0.2) is 0 Å². The molecule has 1 aliphatic carbocycles. The van der Waals surface area contributed by atoms with Crippen molar-refractivity contribution in [1.82, 2.24) is 4.98 Å². The van der Waals surface area contributed by atoms with Gasteiger partial charge in [-0.3, -0.25) is 10.1 Å². The van der Waals surface area contributed by atoms with Crippen molar-refractivity contribution in [3.63, 3.8) is 0 Å². The molecule has 1 aromatic rings. The van der Waals surface area contributed by atoms with Crippen molar-refractivity contribution < 1.29 is 9.66 Å². The highest BCUT2D eigenvalue weighted by Gasteiger charge is 2.30. The molecule has 0 aliphatic heterocycles. The van der Waals surface area contributed by atoms with Crippen molar-refractivity contribution >= 4 is 5.69 Å². The summed E-state index contributed by atoms with van der Waals surface area (Å²) in [6, 6.07) is 1.35. The largest absolute Gasteiger partial charge is 0.476 e. The maximum atomic E-state index is 10.8. The minimum atomic E-state index is -0.433. The molecule has 2 N–H and O–H groups in total. The summed E-state index contributed by atoms with van der Waals surface area (Å²) >= 11 is 0. The van der Waals surface area contributed by atoms with Gasteiger partial charge in [-0.05, 0) is 19.8 Å². The van der Waals surface area contributed by atoms with E-state index in [-0.39, 0.29) is 17.1 Å². The smallest absolute Gasteiger partial charge is 0.279 e. The van der Waals surface area contributed by atoms with Crippen molar-refractivity contribution in [3.8, 4) is 5.88 Å². The van der Waals surface area contributed by atoms with Gasteiger partial charge in [0.1, 0.15) is 6.61 Å². The number of pyridine rings is 1. The first kappa shape index (κ1) is 12.8. The van der Waals surface area contributed by atoms with E-state index < -0.39 is 4.92 Å². The van der Waals surface area contributed by atoms with Gasteiger partial charge in [-0.15, -0.1) is 0 Å². The van der Waals surface area contributed by atoms with Gasteiger partial charge in [0.05, 0.1) is 16.5 Å². The van der Waals surface area contributed by atoms with Crippen molar-refractivity contribution in [1.29, 1.82) is 0 Å². The minimum Gasteiger partial charge on any atom is -0.476 e. The molecule has 0 aromatic carbocycles. The molecule has 2 rings (SSSR count). The molecule has 0 spiro atoms.